The van der Waals surface area contributed by atoms with Gasteiger partial charge in [0.05, 0.1) is 17.0 Å². The molecule has 25 heavy (non-hydrogen) atoms. The Morgan fingerprint density at radius 2 is 1.60 bits per heavy atom. The van der Waals surface area contributed by atoms with Crippen molar-refractivity contribution < 1.29 is 4.42 Å². The van der Waals surface area contributed by atoms with Gasteiger partial charge in [0, 0.05) is 10.9 Å². The zero-order valence-electron chi connectivity index (χ0n) is 14.1. The smallest absolute Gasteiger partial charge is 0.345 e. The summed E-state index contributed by atoms with van der Waals surface area (Å²) in [6.45, 7) is 4.17. The van der Waals surface area contributed by atoms with Gasteiger partial charge in [-0.3, -0.25) is 0 Å². The van der Waals surface area contributed by atoms with Crippen LogP contribution in [0.25, 0.3) is 33.5 Å². The molecule has 3 heteroatoms. The first-order valence-electron chi connectivity index (χ1n) is 8.20. The topological polar surface area (TPSA) is 43.1 Å². The second-order valence-corrected chi connectivity index (χ2v) is 6.19. The van der Waals surface area contributed by atoms with E-state index in [9.17, 15) is 4.79 Å². The van der Waals surface area contributed by atoms with Gasteiger partial charge in [-0.2, -0.15) is 0 Å². The van der Waals surface area contributed by atoms with Crippen molar-refractivity contribution in [2.75, 3.05) is 0 Å². The molecule has 2 heterocycles. The molecule has 0 aliphatic carbocycles. The molecule has 3 nitrogen and oxygen atoms in total. The number of benzene rings is 2. The SMILES string of the molecule is Cc1ccc(-c2cccc(-c3cc4ccccc4oc3=O)n2)cc1C. The molecule has 0 aliphatic rings. The predicted molar refractivity (Wildman–Crippen MR) is 101 cm³/mol. The van der Waals surface area contributed by atoms with Crippen LogP contribution >= 0.6 is 0 Å². The number of nitrogens with zero attached hydrogens (tertiary/aromatic N) is 1. The summed E-state index contributed by atoms with van der Waals surface area (Å²) in [7, 11) is 0. The van der Waals surface area contributed by atoms with Crippen molar-refractivity contribution in [1.29, 1.82) is 0 Å². The molecule has 2 aromatic heterocycles. The van der Waals surface area contributed by atoms with E-state index in [1.807, 2.05) is 42.5 Å². The van der Waals surface area contributed by atoms with Gasteiger partial charge in [0.25, 0.3) is 0 Å². The fraction of sp³-hybridized carbons (Fsp3) is 0.0909. The number of aryl methyl sites for hydroxylation is 2. The Hall–Kier alpha value is -3.20. The third-order valence-electron chi connectivity index (χ3n) is 4.47. The molecule has 0 unspecified atom stereocenters. The van der Waals surface area contributed by atoms with E-state index in [2.05, 4.69) is 32.0 Å². The summed E-state index contributed by atoms with van der Waals surface area (Å²) >= 11 is 0. The lowest BCUT2D eigenvalue weighted by Crippen LogP contribution is -2.04. The Balaban J connectivity index is 1.86. The predicted octanol–water partition coefficient (Wildman–Crippen LogP) is 5.14. The van der Waals surface area contributed by atoms with Gasteiger partial charge in [-0.25, -0.2) is 9.78 Å². The van der Waals surface area contributed by atoms with Gasteiger partial charge in [0.2, 0.25) is 0 Å². The summed E-state index contributed by atoms with van der Waals surface area (Å²) in [6, 6.07) is 21.3. The number of aromatic nitrogens is 1. The first-order valence-corrected chi connectivity index (χ1v) is 8.20. The van der Waals surface area contributed by atoms with Crippen LogP contribution in [0.4, 0.5) is 0 Å². The number of hydrogen-bond donors (Lipinski definition) is 0. The third kappa shape index (κ3) is 2.85. The molecule has 4 rings (SSSR count). The van der Waals surface area contributed by atoms with Gasteiger partial charge in [-0.05, 0) is 55.3 Å². The zero-order valence-corrected chi connectivity index (χ0v) is 14.1. The molecule has 4 aromatic rings. The van der Waals surface area contributed by atoms with Gasteiger partial charge in [-0.1, -0.05) is 36.4 Å². The van der Waals surface area contributed by atoms with Gasteiger partial charge in [0.1, 0.15) is 5.58 Å². The van der Waals surface area contributed by atoms with Crippen molar-refractivity contribution in [3.05, 3.63) is 88.3 Å². The van der Waals surface area contributed by atoms with Crippen molar-refractivity contribution in [2.24, 2.45) is 0 Å². The fourth-order valence-electron chi connectivity index (χ4n) is 2.89. The molecule has 0 atom stereocenters. The van der Waals surface area contributed by atoms with Crippen LogP contribution in [-0.2, 0) is 0 Å². The Labute approximate surface area is 145 Å². The van der Waals surface area contributed by atoms with Crippen molar-refractivity contribution in [1.82, 2.24) is 4.98 Å². The van der Waals surface area contributed by atoms with Gasteiger partial charge in [-0.15, -0.1) is 0 Å². The average molecular weight is 327 g/mol. The van der Waals surface area contributed by atoms with E-state index >= 15 is 0 Å². The van der Waals surface area contributed by atoms with Crippen molar-refractivity contribution in [2.45, 2.75) is 13.8 Å². The summed E-state index contributed by atoms with van der Waals surface area (Å²) in [5.74, 6) is 0. The lowest BCUT2D eigenvalue weighted by atomic mass is 10.0. The summed E-state index contributed by atoms with van der Waals surface area (Å²) < 4.78 is 5.43. The average Bonchev–Trinajstić information content (AvgIpc) is 2.63. The van der Waals surface area contributed by atoms with E-state index in [0.29, 0.717) is 16.8 Å². The molecule has 0 saturated heterocycles. The molecule has 122 valence electrons. The lowest BCUT2D eigenvalue weighted by Gasteiger charge is -2.07. The minimum atomic E-state index is -0.372. The maximum Gasteiger partial charge on any atom is 0.345 e. The molecule has 0 bridgehead atoms. The molecular weight excluding hydrogens is 310 g/mol. The maximum absolute atomic E-state index is 12.4. The van der Waals surface area contributed by atoms with E-state index in [4.69, 9.17) is 9.40 Å². The highest BCUT2D eigenvalue weighted by Gasteiger charge is 2.10. The van der Waals surface area contributed by atoms with Crippen LogP contribution in [0, 0.1) is 13.8 Å². The van der Waals surface area contributed by atoms with Crippen LogP contribution in [-0.4, -0.2) is 4.98 Å². The van der Waals surface area contributed by atoms with Crippen LogP contribution in [0.1, 0.15) is 11.1 Å². The Bertz CT molecular complexity index is 1140. The van der Waals surface area contributed by atoms with E-state index in [1.54, 1.807) is 6.07 Å². The number of pyridine rings is 1. The quantitative estimate of drug-likeness (QED) is 0.479. The monoisotopic (exact) mass is 327 g/mol. The number of para-hydroxylation sites is 1. The Morgan fingerprint density at radius 3 is 2.44 bits per heavy atom. The standard InChI is InChI=1S/C22H17NO2/c1-14-10-11-16(12-15(14)2)19-7-5-8-20(23-19)18-13-17-6-3-4-9-21(17)25-22(18)24/h3-13H,1-2H3. The maximum atomic E-state index is 12.4. The highest BCUT2D eigenvalue weighted by molar-refractivity contribution is 5.81. The fourth-order valence-corrected chi connectivity index (χ4v) is 2.89. The third-order valence-corrected chi connectivity index (χ3v) is 4.47. The summed E-state index contributed by atoms with van der Waals surface area (Å²) in [4.78, 5) is 17.1. The molecular formula is C22H17NO2. The largest absolute Gasteiger partial charge is 0.422 e. The van der Waals surface area contributed by atoms with Crippen molar-refractivity contribution >= 4 is 11.0 Å². The molecule has 0 N–H and O–H groups in total. The number of hydrogen-bond acceptors (Lipinski definition) is 3. The molecule has 0 amide bonds. The zero-order chi connectivity index (χ0) is 17.4. The Morgan fingerprint density at radius 1 is 0.800 bits per heavy atom. The summed E-state index contributed by atoms with van der Waals surface area (Å²) in [6.07, 6.45) is 0. The van der Waals surface area contributed by atoms with Crippen molar-refractivity contribution in [3.63, 3.8) is 0 Å². The molecule has 0 aliphatic heterocycles. The first kappa shape index (κ1) is 15.3. The number of rotatable bonds is 2. The highest BCUT2D eigenvalue weighted by atomic mass is 16.4. The molecule has 0 saturated carbocycles. The summed E-state index contributed by atoms with van der Waals surface area (Å²) in [5, 5.41) is 0.885. The molecule has 0 fully saturated rings. The van der Waals surface area contributed by atoms with E-state index in [0.717, 1.165) is 16.6 Å². The Kier molecular flexibility index (Phi) is 3.69. The van der Waals surface area contributed by atoms with Crippen LogP contribution < -0.4 is 5.63 Å². The minimum absolute atomic E-state index is 0.372. The van der Waals surface area contributed by atoms with Crippen LogP contribution in [0.2, 0.25) is 0 Å². The minimum Gasteiger partial charge on any atom is -0.422 e. The number of fused-ring (bicyclic) bond motifs is 1. The van der Waals surface area contributed by atoms with E-state index < -0.39 is 0 Å². The highest BCUT2D eigenvalue weighted by Crippen LogP contribution is 2.24. The van der Waals surface area contributed by atoms with E-state index in [1.165, 1.54) is 11.1 Å². The van der Waals surface area contributed by atoms with E-state index in [-0.39, 0.29) is 5.63 Å². The second kappa shape index (κ2) is 6.02. The van der Waals surface area contributed by atoms with Crippen LogP contribution in [0.5, 0.6) is 0 Å². The van der Waals surface area contributed by atoms with Crippen LogP contribution in [0.3, 0.4) is 0 Å². The van der Waals surface area contributed by atoms with Crippen LogP contribution in [0.15, 0.2) is 75.9 Å². The first-order chi connectivity index (χ1) is 12.1. The van der Waals surface area contributed by atoms with Gasteiger partial charge < -0.3 is 4.42 Å². The summed E-state index contributed by atoms with van der Waals surface area (Å²) in [5.41, 5.74) is 5.65. The van der Waals surface area contributed by atoms with Gasteiger partial charge in [0.15, 0.2) is 0 Å². The molecule has 0 radical (unpaired) electrons. The molecule has 0 spiro atoms. The second-order valence-electron chi connectivity index (χ2n) is 6.19. The van der Waals surface area contributed by atoms with Crippen molar-refractivity contribution in [3.8, 4) is 22.5 Å². The molecule has 2 aromatic carbocycles. The normalized spacial score (nSPS) is 11.0. The van der Waals surface area contributed by atoms with Gasteiger partial charge >= 0.3 is 5.63 Å². The lowest BCUT2D eigenvalue weighted by molar-refractivity contribution is 0.563.